The Labute approximate surface area is 126 Å². The molecule has 0 bridgehead atoms. The van der Waals surface area contributed by atoms with Crippen LogP contribution in [0.2, 0.25) is 5.02 Å². The molecule has 0 saturated carbocycles. The highest BCUT2D eigenvalue weighted by atomic mass is 35.5. The maximum Gasteiger partial charge on any atom is 0.184 e. The van der Waals surface area contributed by atoms with Crippen molar-refractivity contribution >= 4 is 17.4 Å². The summed E-state index contributed by atoms with van der Waals surface area (Å²) in [6, 6.07) is 12.4. The van der Waals surface area contributed by atoms with Crippen LogP contribution in [0.1, 0.15) is 21.8 Å². The largest absolute Gasteiger partial charge is 0.497 e. The fraction of sp³-hybridized carbons (Fsp3) is 0.125. The first-order chi connectivity index (χ1) is 10.1. The normalized spacial score (nSPS) is 11.5. The van der Waals surface area contributed by atoms with Crippen molar-refractivity contribution in [3.05, 3.63) is 64.4 Å². The molecule has 106 valence electrons. The number of hydrogen-bond acceptors (Lipinski definition) is 3. The minimum absolute atomic E-state index is 0.0224. The van der Waals surface area contributed by atoms with Gasteiger partial charge >= 0.3 is 0 Å². The highest BCUT2D eigenvalue weighted by Gasteiger charge is 2.25. The second-order valence-corrected chi connectivity index (χ2v) is 4.71. The molecule has 0 heterocycles. The van der Waals surface area contributed by atoms with Crippen molar-refractivity contribution in [2.24, 2.45) is 0 Å². The van der Waals surface area contributed by atoms with E-state index in [1.54, 1.807) is 12.1 Å². The summed E-state index contributed by atoms with van der Waals surface area (Å²) < 4.78 is 19.0. The molecule has 0 amide bonds. The van der Waals surface area contributed by atoms with Gasteiger partial charge in [0.05, 0.1) is 18.2 Å². The van der Waals surface area contributed by atoms with E-state index in [4.69, 9.17) is 16.3 Å². The molecule has 0 fully saturated rings. The van der Waals surface area contributed by atoms with Crippen LogP contribution in [0.5, 0.6) is 5.75 Å². The predicted molar refractivity (Wildman–Crippen MR) is 77.1 cm³/mol. The number of ketones is 1. The number of ether oxygens (including phenoxy) is 1. The molecule has 0 spiro atoms. The molecule has 5 heteroatoms. The van der Waals surface area contributed by atoms with E-state index in [9.17, 15) is 14.4 Å². The van der Waals surface area contributed by atoms with Crippen LogP contribution in [0.25, 0.3) is 0 Å². The first-order valence-corrected chi connectivity index (χ1v) is 6.48. The number of nitriles is 1. The Morgan fingerprint density at radius 3 is 2.52 bits per heavy atom. The zero-order valence-electron chi connectivity index (χ0n) is 11.1. The quantitative estimate of drug-likeness (QED) is 0.803. The van der Waals surface area contributed by atoms with Crippen LogP contribution in [0.15, 0.2) is 42.5 Å². The Morgan fingerprint density at radius 1 is 1.29 bits per heavy atom. The van der Waals surface area contributed by atoms with Crippen LogP contribution in [0, 0.1) is 17.1 Å². The molecule has 0 aliphatic heterocycles. The van der Waals surface area contributed by atoms with Crippen molar-refractivity contribution in [3.8, 4) is 11.8 Å². The smallest absolute Gasteiger partial charge is 0.184 e. The summed E-state index contributed by atoms with van der Waals surface area (Å²) in [5, 5.41) is 9.11. The van der Waals surface area contributed by atoms with Crippen molar-refractivity contribution < 1.29 is 13.9 Å². The summed E-state index contributed by atoms with van der Waals surface area (Å²) in [5.41, 5.74) is 0.285. The van der Waals surface area contributed by atoms with Gasteiger partial charge in [0.25, 0.3) is 0 Å². The van der Waals surface area contributed by atoms with E-state index in [0.29, 0.717) is 11.3 Å². The average molecular weight is 304 g/mol. The Morgan fingerprint density at radius 2 is 1.95 bits per heavy atom. The van der Waals surface area contributed by atoms with E-state index in [1.807, 2.05) is 6.07 Å². The first-order valence-electron chi connectivity index (χ1n) is 6.10. The number of carbonyl (C=O) groups excluding carboxylic acids is 1. The number of Topliss-reactive ketones (excluding diaryl/α,β-unsaturated/α-hetero) is 1. The van der Waals surface area contributed by atoms with E-state index in [2.05, 4.69) is 0 Å². The summed E-state index contributed by atoms with van der Waals surface area (Å²) in [6.45, 7) is 0. The van der Waals surface area contributed by atoms with Crippen LogP contribution in [0.4, 0.5) is 4.39 Å². The molecule has 0 aliphatic rings. The van der Waals surface area contributed by atoms with Gasteiger partial charge in [0.2, 0.25) is 0 Å². The summed E-state index contributed by atoms with van der Waals surface area (Å²) in [7, 11) is 1.51. The number of benzene rings is 2. The topological polar surface area (TPSA) is 50.1 Å². The van der Waals surface area contributed by atoms with Gasteiger partial charge in [0.1, 0.15) is 17.5 Å². The van der Waals surface area contributed by atoms with Gasteiger partial charge in [0.15, 0.2) is 5.78 Å². The minimum atomic E-state index is -1.24. The van der Waals surface area contributed by atoms with E-state index in [0.717, 1.165) is 0 Å². The second-order valence-electron chi connectivity index (χ2n) is 4.30. The van der Waals surface area contributed by atoms with Crippen LogP contribution in [0.3, 0.4) is 0 Å². The fourth-order valence-electron chi connectivity index (χ4n) is 1.93. The summed E-state index contributed by atoms with van der Waals surface area (Å²) in [4.78, 5) is 12.4. The lowest BCUT2D eigenvalue weighted by Crippen LogP contribution is -2.13. The van der Waals surface area contributed by atoms with Crippen molar-refractivity contribution in [1.29, 1.82) is 5.26 Å². The maximum absolute atomic E-state index is 14.0. The lowest BCUT2D eigenvalue weighted by Gasteiger charge is -2.11. The van der Waals surface area contributed by atoms with E-state index >= 15 is 0 Å². The van der Waals surface area contributed by atoms with E-state index in [-0.39, 0.29) is 10.6 Å². The fourth-order valence-corrected chi connectivity index (χ4v) is 2.12. The maximum atomic E-state index is 14.0. The molecule has 0 radical (unpaired) electrons. The monoisotopic (exact) mass is 303 g/mol. The van der Waals surface area contributed by atoms with E-state index in [1.165, 1.54) is 37.4 Å². The second kappa shape index (κ2) is 6.38. The highest BCUT2D eigenvalue weighted by Crippen LogP contribution is 2.27. The minimum Gasteiger partial charge on any atom is -0.497 e. The number of carbonyl (C=O) groups is 1. The molecule has 0 N–H and O–H groups in total. The van der Waals surface area contributed by atoms with Crippen LogP contribution < -0.4 is 4.74 Å². The first kappa shape index (κ1) is 15.0. The summed E-state index contributed by atoms with van der Waals surface area (Å²) >= 11 is 5.69. The van der Waals surface area contributed by atoms with Crippen molar-refractivity contribution in [1.82, 2.24) is 0 Å². The van der Waals surface area contributed by atoms with Crippen molar-refractivity contribution in [2.45, 2.75) is 5.92 Å². The van der Waals surface area contributed by atoms with Gasteiger partial charge in [-0.25, -0.2) is 4.39 Å². The van der Waals surface area contributed by atoms with Crippen molar-refractivity contribution in [2.75, 3.05) is 7.11 Å². The Balaban J connectivity index is 2.39. The molecular weight excluding hydrogens is 293 g/mol. The van der Waals surface area contributed by atoms with Gasteiger partial charge in [-0.2, -0.15) is 5.26 Å². The van der Waals surface area contributed by atoms with Crippen LogP contribution >= 0.6 is 11.6 Å². The third kappa shape index (κ3) is 3.04. The lowest BCUT2D eigenvalue weighted by molar-refractivity contribution is 0.0977. The molecule has 0 aliphatic carbocycles. The third-order valence-corrected chi connectivity index (χ3v) is 3.35. The number of halogens is 2. The Hall–Kier alpha value is -2.38. The summed E-state index contributed by atoms with van der Waals surface area (Å²) in [5.74, 6) is -1.88. The van der Waals surface area contributed by atoms with Crippen LogP contribution in [-0.4, -0.2) is 12.9 Å². The summed E-state index contributed by atoms with van der Waals surface area (Å²) in [6.07, 6.45) is 0. The third-order valence-electron chi connectivity index (χ3n) is 3.06. The van der Waals surface area contributed by atoms with Gasteiger partial charge in [-0.15, -0.1) is 0 Å². The molecule has 0 aromatic heterocycles. The van der Waals surface area contributed by atoms with Crippen molar-refractivity contribution in [3.63, 3.8) is 0 Å². The van der Waals surface area contributed by atoms with Crippen LogP contribution in [-0.2, 0) is 0 Å². The Kier molecular flexibility index (Phi) is 4.56. The van der Waals surface area contributed by atoms with Gasteiger partial charge in [-0.05, 0) is 30.3 Å². The standard InChI is InChI=1S/C16H11ClFNO2/c1-21-11-7-5-10(6-8-11)16(20)13(9-19)12-3-2-4-14(17)15(12)18/h2-8,13H,1H3. The number of nitrogens with zero attached hydrogens (tertiary/aromatic N) is 1. The molecule has 1 unspecified atom stereocenters. The number of rotatable bonds is 4. The van der Waals surface area contributed by atoms with Gasteiger partial charge in [0, 0.05) is 11.1 Å². The molecule has 2 aromatic carbocycles. The van der Waals surface area contributed by atoms with Gasteiger partial charge in [-0.1, -0.05) is 23.7 Å². The molecule has 2 aromatic rings. The van der Waals surface area contributed by atoms with Gasteiger partial charge < -0.3 is 4.74 Å². The molecule has 2 rings (SSSR count). The zero-order chi connectivity index (χ0) is 15.4. The number of hydrogen-bond donors (Lipinski definition) is 0. The molecule has 3 nitrogen and oxygen atoms in total. The highest BCUT2D eigenvalue weighted by molar-refractivity contribution is 6.30. The number of methoxy groups -OCH3 is 1. The molecule has 21 heavy (non-hydrogen) atoms. The lowest BCUT2D eigenvalue weighted by atomic mass is 9.91. The molecule has 1 atom stereocenters. The van der Waals surface area contributed by atoms with Gasteiger partial charge in [-0.3, -0.25) is 4.79 Å². The average Bonchev–Trinajstić information content (AvgIpc) is 2.52. The zero-order valence-corrected chi connectivity index (χ0v) is 11.9. The Bertz CT molecular complexity index is 707. The van der Waals surface area contributed by atoms with E-state index < -0.39 is 17.5 Å². The molecule has 0 saturated heterocycles. The SMILES string of the molecule is COc1ccc(C(=O)C(C#N)c2cccc(Cl)c2F)cc1. The predicted octanol–water partition coefficient (Wildman–Crippen LogP) is 3.98. The molecular formula is C16H11ClFNO2.